The van der Waals surface area contributed by atoms with Crippen LogP contribution in [-0.4, -0.2) is 53.1 Å². The first-order valence-electron chi connectivity index (χ1n) is 10.6. The van der Waals surface area contributed by atoms with Gasteiger partial charge in [0.1, 0.15) is 22.9 Å². The Balaban J connectivity index is 1.78. The van der Waals surface area contributed by atoms with Crippen LogP contribution in [0.15, 0.2) is 48.9 Å². The van der Waals surface area contributed by atoms with E-state index in [1.807, 2.05) is 0 Å². The molecule has 11 heteroatoms. The van der Waals surface area contributed by atoms with Gasteiger partial charge in [0.05, 0.1) is 38.8 Å². The van der Waals surface area contributed by atoms with Crippen LogP contribution in [0.2, 0.25) is 5.02 Å². The maximum Gasteiger partial charge on any atom is 0.429 e. The van der Waals surface area contributed by atoms with Crippen molar-refractivity contribution >= 4 is 35.8 Å². The van der Waals surface area contributed by atoms with E-state index in [4.69, 9.17) is 21.1 Å². The highest BCUT2D eigenvalue weighted by Gasteiger charge is 2.48. The smallest absolute Gasteiger partial charge is 0.429 e. The average molecular weight is 500 g/mol. The lowest BCUT2D eigenvalue weighted by atomic mass is 9.97. The number of benzene rings is 1. The lowest BCUT2D eigenvalue weighted by Crippen LogP contribution is -2.59. The summed E-state index contributed by atoms with van der Waals surface area (Å²) in [6.07, 6.45) is 4.29. The Kier molecular flexibility index (Phi) is 7.04. The Morgan fingerprint density at radius 1 is 1.17 bits per heavy atom. The van der Waals surface area contributed by atoms with Gasteiger partial charge in [-0.3, -0.25) is 15.1 Å². The Hall–Kier alpha value is -3.89. The number of anilines is 1. The molecule has 0 bridgehead atoms. The molecule has 35 heavy (non-hydrogen) atoms. The molecule has 1 aliphatic rings. The van der Waals surface area contributed by atoms with Gasteiger partial charge in [0.25, 0.3) is 6.47 Å². The van der Waals surface area contributed by atoms with Crippen LogP contribution >= 0.6 is 11.6 Å². The van der Waals surface area contributed by atoms with Gasteiger partial charge >= 0.3 is 11.9 Å². The zero-order chi connectivity index (χ0) is 25.0. The Morgan fingerprint density at radius 3 is 2.66 bits per heavy atom. The highest BCUT2D eigenvalue weighted by atomic mass is 35.5. The summed E-state index contributed by atoms with van der Waals surface area (Å²) in [5.74, 6) is -0.633. The van der Waals surface area contributed by atoms with Crippen molar-refractivity contribution in [3.8, 4) is 11.5 Å². The quantitative estimate of drug-likeness (QED) is 0.265. The van der Waals surface area contributed by atoms with E-state index in [1.165, 1.54) is 19.4 Å². The van der Waals surface area contributed by atoms with Gasteiger partial charge in [0.2, 0.25) is 0 Å². The molecular formula is C24H21ClFN4O5+. The van der Waals surface area contributed by atoms with E-state index in [2.05, 4.69) is 15.3 Å². The summed E-state index contributed by atoms with van der Waals surface area (Å²) in [5, 5.41) is 3.25. The molecule has 1 N–H and O–H groups in total. The molecule has 9 nitrogen and oxygen atoms in total. The monoisotopic (exact) mass is 499 g/mol. The van der Waals surface area contributed by atoms with E-state index in [1.54, 1.807) is 24.3 Å². The number of rotatable bonds is 9. The molecule has 0 aliphatic carbocycles. The average Bonchev–Trinajstić information content (AvgIpc) is 2.83. The van der Waals surface area contributed by atoms with Crippen molar-refractivity contribution in [1.82, 2.24) is 9.97 Å². The molecule has 0 fully saturated rings. The summed E-state index contributed by atoms with van der Waals surface area (Å²) < 4.78 is 23.7. The fraction of sp³-hybridized carbons (Fsp3) is 0.208. The van der Waals surface area contributed by atoms with Crippen molar-refractivity contribution in [1.29, 1.82) is 0 Å². The van der Waals surface area contributed by atoms with Crippen LogP contribution in [0.1, 0.15) is 27.9 Å². The number of nitrogens with zero attached hydrogens (tertiary/aromatic N) is 3. The fourth-order valence-corrected chi connectivity index (χ4v) is 3.91. The predicted molar refractivity (Wildman–Crippen MR) is 124 cm³/mol. The molecule has 2 aromatic heterocycles. The summed E-state index contributed by atoms with van der Waals surface area (Å²) >= 11 is 6.02. The summed E-state index contributed by atoms with van der Waals surface area (Å²) in [6.45, 7) is 0.472. The number of nitrogens with one attached hydrogen (secondary N) is 1. The van der Waals surface area contributed by atoms with Crippen molar-refractivity contribution in [2.24, 2.45) is 0 Å². The first-order valence-corrected chi connectivity index (χ1v) is 11.0. The standard InChI is InChI=1S/C24H20ClFN4O5/c1-30(7-2-8-34-14-31)23(32)21-19(9-15-3-5-16(25)6-4-15)20(13-28-22(21)29-24(30)33)35-18-10-17(26)11-27-12-18/h3-6,10-14H,2,7-9H2,1H3/p+1. The topological polar surface area (TPSA) is 107 Å². The van der Waals surface area contributed by atoms with Crippen molar-refractivity contribution in [2.45, 2.75) is 12.8 Å². The number of halogens is 2. The van der Waals surface area contributed by atoms with E-state index in [0.29, 0.717) is 17.1 Å². The number of pyridine rings is 2. The van der Waals surface area contributed by atoms with Gasteiger partial charge in [-0.15, -0.1) is 0 Å². The second-order valence-electron chi connectivity index (χ2n) is 8.04. The Labute approximate surface area is 205 Å². The lowest BCUT2D eigenvalue weighted by Gasteiger charge is -2.33. The van der Waals surface area contributed by atoms with Gasteiger partial charge in [-0.2, -0.15) is 4.48 Å². The number of hydrogen-bond donors (Lipinski definition) is 1. The maximum absolute atomic E-state index is 13.7. The van der Waals surface area contributed by atoms with Gasteiger partial charge in [-0.1, -0.05) is 23.7 Å². The first kappa shape index (κ1) is 24.2. The van der Waals surface area contributed by atoms with Crippen molar-refractivity contribution in [3.05, 3.63) is 76.5 Å². The minimum Gasteiger partial charge on any atom is -0.468 e. The zero-order valence-electron chi connectivity index (χ0n) is 18.7. The van der Waals surface area contributed by atoms with Crippen LogP contribution in [0.5, 0.6) is 11.5 Å². The predicted octanol–water partition coefficient (Wildman–Crippen LogP) is 4.35. The number of ether oxygens (including phenoxy) is 2. The second kappa shape index (κ2) is 10.2. The maximum atomic E-state index is 13.7. The summed E-state index contributed by atoms with van der Waals surface area (Å²) in [7, 11) is 1.48. The van der Waals surface area contributed by atoms with Gasteiger partial charge in [-0.05, 0) is 17.7 Å². The molecule has 3 amide bonds. The molecular weight excluding hydrogens is 479 g/mol. The highest BCUT2D eigenvalue weighted by molar-refractivity contribution is 6.30. The van der Waals surface area contributed by atoms with Crippen LogP contribution in [0.3, 0.4) is 0 Å². The lowest BCUT2D eigenvalue weighted by molar-refractivity contribution is -0.743. The normalized spacial score (nSPS) is 16.9. The summed E-state index contributed by atoms with van der Waals surface area (Å²) in [4.78, 5) is 45.1. The van der Waals surface area contributed by atoms with Crippen LogP contribution in [-0.2, 0) is 16.0 Å². The van der Waals surface area contributed by atoms with Crippen LogP contribution in [0.4, 0.5) is 15.0 Å². The molecule has 0 radical (unpaired) electrons. The van der Waals surface area contributed by atoms with Crippen LogP contribution < -0.4 is 10.1 Å². The van der Waals surface area contributed by atoms with Gasteiger partial charge in [-0.25, -0.2) is 19.0 Å². The molecule has 0 saturated carbocycles. The highest BCUT2D eigenvalue weighted by Crippen LogP contribution is 2.37. The van der Waals surface area contributed by atoms with Crippen molar-refractivity contribution in [3.63, 3.8) is 0 Å². The molecule has 3 aromatic rings. The van der Waals surface area contributed by atoms with E-state index < -0.39 is 22.2 Å². The number of carbonyl (C=O) groups excluding carboxylic acids is 3. The first-order chi connectivity index (χ1) is 16.8. The summed E-state index contributed by atoms with van der Waals surface area (Å²) in [6, 6.07) is 7.66. The molecule has 1 aromatic carbocycles. The summed E-state index contributed by atoms with van der Waals surface area (Å²) in [5.41, 5.74) is 1.46. The molecule has 3 heterocycles. The zero-order valence-corrected chi connectivity index (χ0v) is 19.4. The number of carbonyl (C=O) groups is 3. The number of amides is 3. The van der Waals surface area contributed by atoms with Crippen LogP contribution in [0.25, 0.3) is 0 Å². The molecule has 4 rings (SSSR count). The van der Waals surface area contributed by atoms with E-state index in [9.17, 15) is 18.8 Å². The van der Waals surface area contributed by atoms with Crippen molar-refractivity contribution < 1.29 is 32.7 Å². The Bertz CT molecular complexity index is 1290. The van der Waals surface area contributed by atoms with Gasteiger partial charge in [0.15, 0.2) is 5.82 Å². The van der Waals surface area contributed by atoms with Crippen LogP contribution in [0, 0.1) is 5.82 Å². The molecule has 0 spiro atoms. The van der Waals surface area contributed by atoms with Gasteiger partial charge in [0, 0.05) is 29.5 Å². The number of urea groups is 1. The largest absolute Gasteiger partial charge is 0.468 e. The molecule has 1 aliphatic heterocycles. The third-order valence-electron chi connectivity index (χ3n) is 5.62. The molecule has 0 saturated heterocycles. The van der Waals surface area contributed by atoms with Crippen molar-refractivity contribution in [2.75, 3.05) is 25.5 Å². The molecule has 1 atom stereocenters. The molecule has 180 valence electrons. The SMILES string of the molecule is C[N+]1(CCCOC=O)C(=O)Nc2ncc(Oc3cncc(F)c3)c(Cc3ccc(Cl)cc3)c2C1=O. The number of quaternary nitrogens is 1. The number of aromatic nitrogens is 2. The molecule has 1 unspecified atom stereocenters. The third kappa shape index (κ3) is 5.13. The van der Waals surface area contributed by atoms with E-state index >= 15 is 0 Å². The van der Waals surface area contributed by atoms with Gasteiger partial charge < -0.3 is 9.47 Å². The fourth-order valence-electron chi connectivity index (χ4n) is 3.78. The Morgan fingerprint density at radius 2 is 1.94 bits per heavy atom. The third-order valence-corrected chi connectivity index (χ3v) is 5.87. The number of fused-ring (bicyclic) bond motifs is 1. The number of imide groups is 1. The van der Waals surface area contributed by atoms with E-state index in [0.717, 1.165) is 17.8 Å². The number of hydrogen-bond acceptors (Lipinski definition) is 7. The van der Waals surface area contributed by atoms with E-state index in [-0.39, 0.29) is 48.9 Å². The minimum atomic E-state index is -0.602. The minimum absolute atomic E-state index is 0.0658. The second-order valence-corrected chi connectivity index (χ2v) is 8.48.